The summed E-state index contributed by atoms with van der Waals surface area (Å²) in [6, 6.07) is 0.0233. The maximum absolute atomic E-state index is 13.1. The fraction of sp³-hybridized carbons (Fsp3) is 0.778. The van der Waals surface area contributed by atoms with E-state index in [0.717, 1.165) is 25.5 Å². The highest BCUT2D eigenvalue weighted by Crippen LogP contribution is 2.53. The summed E-state index contributed by atoms with van der Waals surface area (Å²) in [5.74, 6) is 0.844. The minimum Gasteiger partial charge on any atom is -0.323 e. The summed E-state index contributed by atoms with van der Waals surface area (Å²) in [7, 11) is 0.575. The number of carbonyl (C=O) groups excluding carboxylic acids is 1. The number of aryl methyl sites for hydroxylation is 1. The fourth-order valence-electron chi connectivity index (χ4n) is 5.56. The van der Waals surface area contributed by atoms with Crippen molar-refractivity contribution in [1.82, 2.24) is 24.3 Å². The number of nitrogens with zero attached hydrogens (tertiary/aromatic N) is 4. The summed E-state index contributed by atoms with van der Waals surface area (Å²) in [4.78, 5) is 16.2. The van der Waals surface area contributed by atoms with Gasteiger partial charge in [0.25, 0.3) is 0 Å². The Balaban J connectivity index is 1.11. The average molecular weight is 431 g/mol. The van der Waals surface area contributed by atoms with Crippen molar-refractivity contribution < 1.29 is 22.2 Å². The lowest BCUT2D eigenvalue weighted by molar-refractivity contribution is -0.138. The Labute approximate surface area is 169 Å². The summed E-state index contributed by atoms with van der Waals surface area (Å²) in [6.45, 7) is 2.57. The van der Waals surface area contributed by atoms with Crippen LogP contribution in [-0.4, -0.2) is 67.3 Å². The van der Waals surface area contributed by atoms with Gasteiger partial charge in [0.05, 0.1) is 34.0 Å². The minimum absolute atomic E-state index is 0.0233. The highest BCUT2D eigenvalue weighted by Gasteiger charge is 2.57. The van der Waals surface area contributed by atoms with Gasteiger partial charge in [-0.1, -0.05) is 0 Å². The quantitative estimate of drug-likeness (QED) is 0.772. The Bertz CT molecular complexity index is 865. The number of aromatic nitrogens is 2. The Morgan fingerprint density at radius 1 is 1.28 bits per heavy atom. The highest BCUT2D eigenvalue weighted by molar-refractivity contribution is 7.83. The molecule has 1 unspecified atom stereocenters. The molecule has 3 aliphatic heterocycles. The van der Waals surface area contributed by atoms with Crippen molar-refractivity contribution in [1.29, 1.82) is 0 Å². The van der Waals surface area contributed by atoms with Gasteiger partial charge in [-0.3, -0.25) is 4.68 Å². The van der Waals surface area contributed by atoms with E-state index >= 15 is 0 Å². The molecule has 2 spiro atoms. The average Bonchev–Trinajstić information content (AvgIpc) is 3.09. The minimum atomic E-state index is -4.37. The smallest absolute Gasteiger partial charge is 0.323 e. The summed E-state index contributed by atoms with van der Waals surface area (Å²) >= 11 is 0. The van der Waals surface area contributed by atoms with E-state index in [4.69, 9.17) is 0 Å². The van der Waals surface area contributed by atoms with Crippen LogP contribution in [0.15, 0.2) is 6.20 Å². The molecule has 1 saturated carbocycles. The zero-order valence-electron chi connectivity index (χ0n) is 16.2. The van der Waals surface area contributed by atoms with Crippen LogP contribution < -0.4 is 4.72 Å². The molecular formula is C18H24F3N5O2S. The van der Waals surface area contributed by atoms with Crippen molar-refractivity contribution in [3.05, 3.63) is 17.5 Å². The number of hydrogen-bond acceptors (Lipinski definition) is 3. The molecule has 1 aliphatic carbocycles. The van der Waals surface area contributed by atoms with Crippen LogP contribution in [0.25, 0.3) is 0 Å². The number of amides is 2. The molecule has 4 aliphatic rings. The maximum atomic E-state index is 13.1. The number of halogens is 3. The molecule has 2 amide bonds. The van der Waals surface area contributed by atoms with Crippen molar-refractivity contribution in [3.8, 4) is 0 Å². The van der Waals surface area contributed by atoms with E-state index in [1.165, 1.54) is 4.68 Å². The van der Waals surface area contributed by atoms with Crippen molar-refractivity contribution >= 4 is 17.0 Å². The molecule has 11 heteroatoms. The van der Waals surface area contributed by atoms with Gasteiger partial charge in [-0.2, -0.15) is 18.3 Å². The first-order valence-corrected chi connectivity index (χ1v) is 11.2. The van der Waals surface area contributed by atoms with E-state index in [9.17, 15) is 22.2 Å². The first-order chi connectivity index (χ1) is 13.6. The van der Waals surface area contributed by atoms with Crippen LogP contribution in [0.4, 0.5) is 18.0 Å². The van der Waals surface area contributed by atoms with Crippen LogP contribution in [-0.2, 0) is 30.6 Å². The van der Waals surface area contributed by atoms with Gasteiger partial charge in [-0.25, -0.2) is 13.7 Å². The van der Waals surface area contributed by atoms with E-state index < -0.39 is 22.7 Å². The van der Waals surface area contributed by atoms with Crippen LogP contribution in [0.5, 0.6) is 0 Å². The van der Waals surface area contributed by atoms with E-state index in [1.807, 2.05) is 4.90 Å². The van der Waals surface area contributed by atoms with Gasteiger partial charge in [-0.15, -0.1) is 0 Å². The third-order valence-electron chi connectivity index (χ3n) is 6.97. The summed E-state index contributed by atoms with van der Waals surface area (Å²) in [5.41, 5.74) is -0.479. The first-order valence-electron chi connectivity index (χ1n) is 9.86. The molecule has 1 aromatic heterocycles. The number of hydrogen-bond donors (Lipinski definition) is 1. The molecule has 0 bridgehead atoms. The molecule has 5 rings (SSSR count). The van der Waals surface area contributed by atoms with Crippen molar-refractivity contribution in [2.45, 2.75) is 37.4 Å². The van der Waals surface area contributed by atoms with Gasteiger partial charge >= 0.3 is 12.2 Å². The molecule has 3 saturated heterocycles. The van der Waals surface area contributed by atoms with Gasteiger partial charge in [0.1, 0.15) is 0 Å². The Kier molecular flexibility index (Phi) is 4.13. The van der Waals surface area contributed by atoms with Crippen LogP contribution in [0.2, 0.25) is 0 Å². The number of alkyl halides is 3. The Morgan fingerprint density at radius 3 is 2.52 bits per heavy atom. The fourth-order valence-corrected chi connectivity index (χ4v) is 6.95. The lowest BCUT2D eigenvalue weighted by atomic mass is 9.56. The molecule has 7 nitrogen and oxygen atoms in total. The van der Waals surface area contributed by atoms with Crippen LogP contribution in [0.1, 0.15) is 30.5 Å². The molecule has 0 radical (unpaired) electrons. The Morgan fingerprint density at radius 2 is 1.93 bits per heavy atom. The molecule has 0 aromatic carbocycles. The van der Waals surface area contributed by atoms with Crippen LogP contribution in [0.3, 0.4) is 0 Å². The van der Waals surface area contributed by atoms with Gasteiger partial charge in [0, 0.05) is 44.4 Å². The highest BCUT2D eigenvalue weighted by atomic mass is 32.2. The van der Waals surface area contributed by atoms with Gasteiger partial charge < -0.3 is 9.80 Å². The number of rotatable bonds is 2. The number of carbonyl (C=O) groups is 1. The summed E-state index contributed by atoms with van der Waals surface area (Å²) in [6.07, 6.45) is -0.558. The zero-order chi connectivity index (χ0) is 20.6. The number of nitrogens with one attached hydrogen (secondary N) is 1. The van der Waals surface area contributed by atoms with Crippen LogP contribution >= 0.6 is 0 Å². The van der Waals surface area contributed by atoms with E-state index in [0.29, 0.717) is 38.4 Å². The molecule has 160 valence electrons. The van der Waals surface area contributed by atoms with Crippen LogP contribution in [0, 0.1) is 11.3 Å². The predicted molar refractivity (Wildman–Crippen MR) is 99.1 cm³/mol. The van der Waals surface area contributed by atoms with Crippen molar-refractivity contribution in [2.75, 3.05) is 31.9 Å². The number of likely N-dealkylation sites (tertiary alicyclic amines) is 2. The second kappa shape index (κ2) is 6.19. The monoisotopic (exact) mass is 431 g/mol. The van der Waals surface area contributed by atoms with Gasteiger partial charge in [0.15, 0.2) is 0 Å². The predicted octanol–water partition coefficient (Wildman–Crippen LogP) is 1.52. The lowest BCUT2D eigenvalue weighted by Gasteiger charge is -2.61. The van der Waals surface area contributed by atoms with Crippen molar-refractivity contribution in [2.24, 2.45) is 18.4 Å². The third kappa shape index (κ3) is 3.17. The summed E-state index contributed by atoms with van der Waals surface area (Å²) < 4.78 is 55.3. The topological polar surface area (TPSA) is 70.5 Å². The third-order valence-corrected chi connectivity index (χ3v) is 8.20. The molecule has 1 atom stereocenters. The summed E-state index contributed by atoms with van der Waals surface area (Å²) in [5, 5.41) is 3.78. The van der Waals surface area contributed by atoms with E-state index in [-0.39, 0.29) is 28.6 Å². The second-order valence-corrected chi connectivity index (χ2v) is 10.6. The standard InChI is InChI=1S/C18H24F3N5O2S/c1-24-14(13(7-22-24)18(19,20)21)4-12-5-16(6-12)8-25(9-16)15(27)26-10-17(11-26)2-3-29(28)23-17/h7,12,23H,2-6,8-11H2,1H3. The maximum Gasteiger partial charge on any atom is 0.419 e. The first kappa shape index (κ1) is 19.3. The Hall–Kier alpha value is -1.62. The molecule has 1 N–H and O–H groups in total. The lowest BCUT2D eigenvalue weighted by Crippen LogP contribution is -2.73. The van der Waals surface area contributed by atoms with Gasteiger partial charge in [0.2, 0.25) is 0 Å². The van der Waals surface area contributed by atoms with Crippen molar-refractivity contribution in [3.63, 3.8) is 0 Å². The largest absolute Gasteiger partial charge is 0.419 e. The van der Waals surface area contributed by atoms with E-state index in [1.54, 1.807) is 11.9 Å². The number of urea groups is 1. The SMILES string of the molecule is Cn1ncc(C(F)(F)F)c1CC1CC2(C1)CN(C(=O)N1CC3(CCS(=O)N3)C1)C2. The normalized spacial score (nSPS) is 27.8. The molecular weight excluding hydrogens is 407 g/mol. The van der Waals surface area contributed by atoms with Gasteiger partial charge in [-0.05, 0) is 31.6 Å². The molecule has 1 aromatic rings. The zero-order valence-corrected chi connectivity index (χ0v) is 17.0. The molecule has 4 heterocycles. The molecule has 29 heavy (non-hydrogen) atoms. The second-order valence-electron chi connectivity index (χ2n) is 9.28. The molecule has 4 fully saturated rings. The van der Waals surface area contributed by atoms with E-state index in [2.05, 4.69) is 9.82 Å².